The van der Waals surface area contributed by atoms with Crippen molar-refractivity contribution < 1.29 is 18.7 Å². The number of carbonyl (C=O) groups excluding carboxylic acids is 1. The van der Waals surface area contributed by atoms with E-state index in [1.54, 1.807) is 22.9 Å². The highest BCUT2D eigenvalue weighted by Crippen LogP contribution is 2.34. The molecule has 0 bridgehead atoms. The van der Waals surface area contributed by atoms with Crippen LogP contribution in [0.2, 0.25) is 0 Å². The first-order valence-electron chi connectivity index (χ1n) is 12.6. The number of amidine groups is 1. The first-order valence-corrected chi connectivity index (χ1v) is 13.4. The number of benzene rings is 3. The van der Waals surface area contributed by atoms with E-state index in [2.05, 4.69) is 9.89 Å². The zero-order valence-electron chi connectivity index (χ0n) is 21.0. The van der Waals surface area contributed by atoms with Gasteiger partial charge in [0, 0.05) is 36.0 Å². The average Bonchev–Trinajstić information content (AvgIpc) is 3.57. The highest BCUT2D eigenvalue weighted by Gasteiger charge is 2.28. The summed E-state index contributed by atoms with van der Waals surface area (Å²) in [7, 11) is 0. The van der Waals surface area contributed by atoms with Crippen LogP contribution < -0.4 is 4.74 Å². The second kappa shape index (κ2) is 11.3. The number of aromatic nitrogens is 2. The summed E-state index contributed by atoms with van der Waals surface area (Å²) in [5, 5.41) is 5.57. The van der Waals surface area contributed by atoms with Crippen molar-refractivity contribution in [1.29, 1.82) is 0 Å². The number of hydrogen-bond acceptors (Lipinski definition) is 6. The van der Waals surface area contributed by atoms with E-state index in [-0.39, 0.29) is 18.3 Å². The summed E-state index contributed by atoms with van der Waals surface area (Å²) >= 11 is 1.38. The summed E-state index contributed by atoms with van der Waals surface area (Å²) < 4.78 is 27.0. The van der Waals surface area contributed by atoms with Crippen molar-refractivity contribution in [3.63, 3.8) is 0 Å². The third kappa shape index (κ3) is 5.64. The number of morpholine rings is 1. The molecule has 2 aliphatic heterocycles. The molecule has 0 unspecified atom stereocenters. The topological polar surface area (TPSA) is 69.0 Å². The van der Waals surface area contributed by atoms with Gasteiger partial charge in [-0.2, -0.15) is 10.1 Å². The molecule has 6 rings (SSSR count). The number of thioether (sulfide) groups is 1. The molecule has 9 heteroatoms. The summed E-state index contributed by atoms with van der Waals surface area (Å²) in [6.07, 6.45) is 3.77. The van der Waals surface area contributed by atoms with Gasteiger partial charge in [0.1, 0.15) is 18.2 Å². The fourth-order valence-corrected chi connectivity index (χ4v) is 5.30. The summed E-state index contributed by atoms with van der Waals surface area (Å²) in [5.74, 6) is 0.0737. The summed E-state index contributed by atoms with van der Waals surface area (Å²) in [4.78, 5) is 19.7. The van der Waals surface area contributed by atoms with Crippen molar-refractivity contribution >= 4 is 28.9 Å². The van der Waals surface area contributed by atoms with E-state index >= 15 is 0 Å². The van der Waals surface area contributed by atoms with Crippen LogP contribution in [0.3, 0.4) is 0 Å². The molecule has 1 fully saturated rings. The molecule has 196 valence electrons. The lowest BCUT2D eigenvalue weighted by Gasteiger charge is -2.27. The van der Waals surface area contributed by atoms with Crippen LogP contribution in [-0.2, 0) is 16.1 Å². The van der Waals surface area contributed by atoms with Gasteiger partial charge in [-0.3, -0.25) is 4.79 Å². The van der Waals surface area contributed by atoms with E-state index < -0.39 is 0 Å². The van der Waals surface area contributed by atoms with Crippen LogP contribution in [-0.4, -0.2) is 52.1 Å². The number of aliphatic imine (C=N–C) groups is 1. The number of nitrogens with zero attached hydrogens (tertiary/aromatic N) is 4. The number of halogens is 1. The maximum Gasteiger partial charge on any atom is 0.286 e. The van der Waals surface area contributed by atoms with Gasteiger partial charge in [0.05, 0.1) is 29.5 Å². The van der Waals surface area contributed by atoms with Gasteiger partial charge in [0.2, 0.25) is 0 Å². The second-order valence-corrected chi connectivity index (χ2v) is 10.0. The third-order valence-corrected chi connectivity index (χ3v) is 7.47. The molecule has 0 N–H and O–H groups in total. The van der Waals surface area contributed by atoms with Crippen molar-refractivity contribution in [3.05, 3.63) is 107 Å². The van der Waals surface area contributed by atoms with Crippen LogP contribution in [0.25, 0.3) is 23.0 Å². The predicted molar refractivity (Wildman–Crippen MR) is 150 cm³/mol. The van der Waals surface area contributed by atoms with Crippen molar-refractivity contribution in [1.82, 2.24) is 14.7 Å². The molecule has 0 saturated carbocycles. The molecule has 7 nitrogen and oxygen atoms in total. The summed E-state index contributed by atoms with van der Waals surface area (Å²) in [5.41, 5.74) is 3.78. The first-order chi connectivity index (χ1) is 19.1. The van der Waals surface area contributed by atoms with Crippen molar-refractivity contribution in [3.8, 4) is 22.7 Å². The average molecular weight is 541 g/mol. The number of ether oxygens (including phenoxy) is 2. The molecule has 1 aromatic heterocycles. The second-order valence-electron chi connectivity index (χ2n) is 9.03. The maximum absolute atomic E-state index is 14.0. The van der Waals surface area contributed by atoms with E-state index in [0.29, 0.717) is 34.6 Å². The van der Waals surface area contributed by atoms with Gasteiger partial charge in [-0.15, -0.1) is 0 Å². The largest absolute Gasteiger partial charge is 0.489 e. The van der Waals surface area contributed by atoms with Crippen LogP contribution in [0.1, 0.15) is 11.1 Å². The molecule has 0 radical (unpaired) electrons. The Bertz CT molecular complexity index is 1540. The Morgan fingerprint density at radius 1 is 0.974 bits per heavy atom. The van der Waals surface area contributed by atoms with E-state index in [4.69, 9.17) is 14.6 Å². The molecular formula is C30H25FN4O3S. The van der Waals surface area contributed by atoms with Crippen molar-refractivity contribution in [2.75, 3.05) is 26.3 Å². The van der Waals surface area contributed by atoms with E-state index in [9.17, 15) is 9.18 Å². The zero-order chi connectivity index (χ0) is 26.6. The SMILES string of the molecule is O=C1N=C(N2CCOCC2)SC1=Cc1cn(-c2ccccc2)nc1-c1ccc(OCc2ccccc2F)cc1. The van der Waals surface area contributed by atoms with Crippen molar-refractivity contribution in [2.45, 2.75) is 6.61 Å². The molecule has 0 atom stereocenters. The molecule has 3 heterocycles. The van der Waals surface area contributed by atoms with E-state index in [1.807, 2.05) is 66.9 Å². The quantitative estimate of drug-likeness (QED) is 0.298. The number of amides is 1. The predicted octanol–water partition coefficient (Wildman–Crippen LogP) is 5.56. The van der Waals surface area contributed by atoms with Gasteiger partial charge >= 0.3 is 0 Å². The van der Waals surface area contributed by atoms with E-state index in [0.717, 1.165) is 35.6 Å². The summed E-state index contributed by atoms with van der Waals surface area (Å²) in [6, 6.07) is 23.9. The maximum atomic E-state index is 14.0. The number of para-hydroxylation sites is 1. The molecule has 39 heavy (non-hydrogen) atoms. The van der Waals surface area contributed by atoms with E-state index in [1.165, 1.54) is 17.8 Å². The molecule has 0 spiro atoms. The van der Waals surface area contributed by atoms with Crippen LogP contribution in [0.4, 0.5) is 4.39 Å². The standard InChI is InChI=1S/C30H25FN4O3S/c31-26-9-5-4-6-22(26)20-38-25-12-10-21(11-13-25)28-23(19-35(33-28)24-7-2-1-3-8-24)18-27-29(36)32-30(39-27)34-14-16-37-17-15-34/h1-13,18-19H,14-17,20H2. The van der Waals surface area contributed by atoms with Crippen LogP contribution in [0.15, 0.2) is 95.0 Å². The molecule has 0 aliphatic carbocycles. The molecule has 1 amide bonds. The molecule has 2 aliphatic rings. The van der Waals surface area contributed by atoms with Crippen LogP contribution >= 0.6 is 11.8 Å². The monoisotopic (exact) mass is 540 g/mol. The minimum absolute atomic E-state index is 0.136. The minimum atomic E-state index is -0.293. The smallest absolute Gasteiger partial charge is 0.286 e. The van der Waals surface area contributed by atoms with Crippen LogP contribution in [0.5, 0.6) is 5.75 Å². The number of rotatable bonds is 6. The Labute approximate surface area is 229 Å². The number of carbonyl (C=O) groups is 1. The Morgan fingerprint density at radius 3 is 2.49 bits per heavy atom. The van der Waals surface area contributed by atoms with Gasteiger partial charge in [0.15, 0.2) is 5.17 Å². The zero-order valence-corrected chi connectivity index (χ0v) is 21.8. The van der Waals surface area contributed by atoms with Gasteiger partial charge in [-0.1, -0.05) is 36.4 Å². The van der Waals surface area contributed by atoms with Gasteiger partial charge in [-0.05, 0) is 60.3 Å². The highest BCUT2D eigenvalue weighted by atomic mass is 32.2. The van der Waals surface area contributed by atoms with Crippen LogP contribution in [0, 0.1) is 5.82 Å². The normalized spacial score (nSPS) is 16.5. The minimum Gasteiger partial charge on any atom is -0.489 e. The first kappa shape index (κ1) is 25.1. The highest BCUT2D eigenvalue weighted by molar-refractivity contribution is 8.18. The van der Waals surface area contributed by atoms with Gasteiger partial charge in [-0.25, -0.2) is 9.07 Å². The van der Waals surface area contributed by atoms with Gasteiger partial charge < -0.3 is 14.4 Å². The molecular weight excluding hydrogens is 515 g/mol. The lowest BCUT2D eigenvalue weighted by molar-refractivity contribution is -0.113. The Hall–Kier alpha value is -4.21. The Morgan fingerprint density at radius 2 is 1.72 bits per heavy atom. The molecule has 3 aromatic carbocycles. The van der Waals surface area contributed by atoms with Gasteiger partial charge in [0.25, 0.3) is 5.91 Å². The lowest BCUT2D eigenvalue weighted by Crippen LogP contribution is -2.38. The Balaban J connectivity index is 1.27. The number of hydrogen-bond donors (Lipinski definition) is 0. The third-order valence-electron chi connectivity index (χ3n) is 6.42. The molecule has 4 aromatic rings. The van der Waals surface area contributed by atoms with Crippen molar-refractivity contribution in [2.24, 2.45) is 4.99 Å². The summed E-state index contributed by atoms with van der Waals surface area (Å²) in [6.45, 7) is 2.82. The fourth-order valence-electron chi connectivity index (χ4n) is 4.34. The fraction of sp³-hybridized carbons (Fsp3) is 0.167. The Kier molecular flexibility index (Phi) is 7.25. The molecule has 1 saturated heterocycles. The lowest BCUT2D eigenvalue weighted by atomic mass is 10.1.